The van der Waals surface area contributed by atoms with Crippen LogP contribution in [0.1, 0.15) is 49.5 Å². The van der Waals surface area contributed by atoms with Crippen LogP contribution in [0.5, 0.6) is 0 Å². The first-order valence-corrected chi connectivity index (χ1v) is 7.50. The van der Waals surface area contributed by atoms with Gasteiger partial charge in [0.1, 0.15) is 0 Å². The second-order valence-corrected chi connectivity index (χ2v) is 5.70. The SMILES string of the molecule is Cc1cn(C2CCCCC2)c(NCc2ccnn2C)n1. The fraction of sp³-hybridized carbons (Fsp3) is 0.600. The van der Waals surface area contributed by atoms with Gasteiger partial charge in [0.2, 0.25) is 5.95 Å². The van der Waals surface area contributed by atoms with E-state index in [1.54, 1.807) is 0 Å². The second-order valence-electron chi connectivity index (χ2n) is 5.70. The van der Waals surface area contributed by atoms with Crippen molar-refractivity contribution in [3.8, 4) is 0 Å². The molecule has 0 saturated heterocycles. The van der Waals surface area contributed by atoms with E-state index in [0.29, 0.717) is 6.04 Å². The maximum absolute atomic E-state index is 4.64. The molecule has 1 fully saturated rings. The number of rotatable bonds is 4. The third-order valence-electron chi connectivity index (χ3n) is 4.17. The molecule has 5 heteroatoms. The first-order valence-electron chi connectivity index (χ1n) is 7.50. The summed E-state index contributed by atoms with van der Waals surface area (Å²) >= 11 is 0. The highest BCUT2D eigenvalue weighted by molar-refractivity contribution is 5.30. The third kappa shape index (κ3) is 2.71. The fourth-order valence-electron chi connectivity index (χ4n) is 3.03. The standard InChI is InChI=1S/C15H23N5/c1-12-11-20(13-6-4-3-5-7-13)15(18-12)16-10-14-8-9-17-19(14)2/h8-9,11,13H,3-7,10H2,1-2H3,(H,16,18). The lowest BCUT2D eigenvalue weighted by Crippen LogP contribution is -2.16. The molecule has 5 nitrogen and oxygen atoms in total. The summed E-state index contributed by atoms with van der Waals surface area (Å²) in [6.45, 7) is 2.83. The van der Waals surface area contributed by atoms with E-state index in [0.717, 1.165) is 18.2 Å². The van der Waals surface area contributed by atoms with Crippen LogP contribution in [0.3, 0.4) is 0 Å². The van der Waals surface area contributed by atoms with Crippen LogP contribution in [0.2, 0.25) is 0 Å². The predicted octanol–water partition coefficient (Wildman–Crippen LogP) is 3.04. The van der Waals surface area contributed by atoms with Crippen molar-refractivity contribution in [1.29, 1.82) is 0 Å². The topological polar surface area (TPSA) is 47.7 Å². The van der Waals surface area contributed by atoms with E-state index in [-0.39, 0.29) is 0 Å². The lowest BCUT2D eigenvalue weighted by Gasteiger charge is -2.24. The minimum absolute atomic E-state index is 0.610. The van der Waals surface area contributed by atoms with Gasteiger partial charge in [-0.05, 0) is 25.8 Å². The fourth-order valence-corrected chi connectivity index (χ4v) is 3.03. The van der Waals surface area contributed by atoms with E-state index >= 15 is 0 Å². The summed E-state index contributed by atoms with van der Waals surface area (Å²) in [5.41, 5.74) is 2.25. The molecule has 3 rings (SSSR count). The smallest absolute Gasteiger partial charge is 0.203 e. The number of aromatic nitrogens is 4. The molecule has 0 spiro atoms. The lowest BCUT2D eigenvalue weighted by molar-refractivity contribution is 0.355. The van der Waals surface area contributed by atoms with Crippen LogP contribution in [-0.4, -0.2) is 19.3 Å². The number of nitrogens with one attached hydrogen (secondary N) is 1. The number of hydrogen-bond acceptors (Lipinski definition) is 3. The number of nitrogens with zero attached hydrogens (tertiary/aromatic N) is 4. The summed E-state index contributed by atoms with van der Waals surface area (Å²) < 4.78 is 4.23. The number of hydrogen-bond donors (Lipinski definition) is 1. The van der Waals surface area contributed by atoms with Gasteiger partial charge in [0.05, 0.1) is 17.9 Å². The predicted molar refractivity (Wildman–Crippen MR) is 79.6 cm³/mol. The zero-order valence-electron chi connectivity index (χ0n) is 12.3. The zero-order valence-corrected chi connectivity index (χ0v) is 12.3. The van der Waals surface area contributed by atoms with Gasteiger partial charge in [0, 0.05) is 25.5 Å². The minimum Gasteiger partial charge on any atom is -0.350 e. The average Bonchev–Trinajstić information content (AvgIpc) is 3.03. The average molecular weight is 273 g/mol. The molecule has 0 unspecified atom stereocenters. The summed E-state index contributed by atoms with van der Waals surface area (Å²) in [4.78, 5) is 4.64. The molecule has 2 heterocycles. The van der Waals surface area contributed by atoms with Gasteiger partial charge in [-0.1, -0.05) is 19.3 Å². The van der Waals surface area contributed by atoms with Gasteiger partial charge in [0.25, 0.3) is 0 Å². The summed E-state index contributed by atoms with van der Waals surface area (Å²) in [5, 5.41) is 7.66. The number of imidazole rings is 1. The number of anilines is 1. The van der Waals surface area contributed by atoms with Gasteiger partial charge in [0.15, 0.2) is 0 Å². The van der Waals surface area contributed by atoms with Crippen LogP contribution < -0.4 is 5.32 Å². The molecule has 1 aliphatic carbocycles. The van der Waals surface area contributed by atoms with Gasteiger partial charge >= 0.3 is 0 Å². The van der Waals surface area contributed by atoms with Crippen LogP contribution >= 0.6 is 0 Å². The summed E-state index contributed by atoms with van der Waals surface area (Å²) in [7, 11) is 1.97. The Morgan fingerprint density at radius 3 is 2.80 bits per heavy atom. The van der Waals surface area contributed by atoms with Crippen molar-refractivity contribution in [3.63, 3.8) is 0 Å². The summed E-state index contributed by atoms with van der Waals surface area (Å²) in [6, 6.07) is 2.65. The third-order valence-corrected chi connectivity index (χ3v) is 4.17. The van der Waals surface area contributed by atoms with Crippen molar-refractivity contribution in [2.24, 2.45) is 7.05 Å². The molecule has 0 aromatic carbocycles. The van der Waals surface area contributed by atoms with Gasteiger partial charge in [-0.2, -0.15) is 5.10 Å². The van der Waals surface area contributed by atoms with Crippen molar-refractivity contribution < 1.29 is 0 Å². The van der Waals surface area contributed by atoms with Crippen molar-refractivity contribution in [2.75, 3.05) is 5.32 Å². The number of aryl methyl sites for hydroxylation is 2. The highest BCUT2D eigenvalue weighted by atomic mass is 15.3. The van der Waals surface area contributed by atoms with E-state index in [1.807, 2.05) is 24.0 Å². The van der Waals surface area contributed by atoms with Crippen LogP contribution in [-0.2, 0) is 13.6 Å². The van der Waals surface area contributed by atoms with Gasteiger partial charge in [-0.25, -0.2) is 4.98 Å². The maximum Gasteiger partial charge on any atom is 0.203 e. The molecule has 0 bridgehead atoms. The molecule has 108 valence electrons. The first kappa shape index (κ1) is 13.2. The Hall–Kier alpha value is -1.78. The summed E-state index contributed by atoms with van der Waals surface area (Å²) in [6.07, 6.45) is 10.6. The van der Waals surface area contributed by atoms with Crippen molar-refractivity contribution >= 4 is 5.95 Å². The van der Waals surface area contributed by atoms with E-state index in [1.165, 1.54) is 37.8 Å². The van der Waals surface area contributed by atoms with Crippen LogP contribution in [0.15, 0.2) is 18.5 Å². The van der Waals surface area contributed by atoms with E-state index < -0.39 is 0 Å². The van der Waals surface area contributed by atoms with E-state index in [4.69, 9.17) is 0 Å². The quantitative estimate of drug-likeness (QED) is 0.931. The molecule has 1 aliphatic rings. The Bertz CT molecular complexity index is 563. The maximum atomic E-state index is 4.64. The molecule has 0 atom stereocenters. The van der Waals surface area contributed by atoms with Crippen molar-refractivity contribution in [3.05, 3.63) is 29.8 Å². The molecule has 20 heavy (non-hydrogen) atoms. The molecule has 2 aromatic rings. The highest BCUT2D eigenvalue weighted by Gasteiger charge is 2.18. The Labute approximate surface area is 120 Å². The Morgan fingerprint density at radius 2 is 2.10 bits per heavy atom. The molecule has 1 saturated carbocycles. The molecule has 0 amide bonds. The van der Waals surface area contributed by atoms with Gasteiger partial charge in [-0.3, -0.25) is 4.68 Å². The second kappa shape index (κ2) is 5.69. The van der Waals surface area contributed by atoms with Gasteiger partial charge < -0.3 is 9.88 Å². The molecule has 1 N–H and O–H groups in total. The molecule has 0 aliphatic heterocycles. The first-order chi connectivity index (χ1) is 9.74. The largest absolute Gasteiger partial charge is 0.350 e. The van der Waals surface area contributed by atoms with Gasteiger partial charge in [-0.15, -0.1) is 0 Å². The van der Waals surface area contributed by atoms with Crippen LogP contribution in [0, 0.1) is 6.92 Å². The molecular weight excluding hydrogens is 250 g/mol. The van der Waals surface area contributed by atoms with Crippen molar-refractivity contribution in [1.82, 2.24) is 19.3 Å². The Balaban J connectivity index is 1.74. The summed E-state index contributed by atoms with van der Waals surface area (Å²) in [5.74, 6) is 0.996. The van der Waals surface area contributed by atoms with E-state index in [9.17, 15) is 0 Å². The monoisotopic (exact) mass is 273 g/mol. The Morgan fingerprint density at radius 1 is 1.30 bits per heavy atom. The normalized spacial score (nSPS) is 16.5. The molecule has 2 aromatic heterocycles. The Kier molecular flexibility index (Phi) is 3.76. The van der Waals surface area contributed by atoms with E-state index in [2.05, 4.69) is 33.1 Å². The molecule has 0 radical (unpaired) electrons. The minimum atomic E-state index is 0.610. The van der Waals surface area contributed by atoms with Crippen LogP contribution in [0.25, 0.3) is 0 Å². The zero-order chi connectivity index (χ0) is 13.9. The van der Waals surface area contributed by atoms with Crippen LogP contribution in [0.4, 0.5) is 5.95 Å². The lowest BCUT2D eigenvalue weighted by atomic mass is 9.95. The highest BCUT2D eigenvalue weighted by Crippen LogP contribution is 2.30. The molecular formula is C15H23N5. The van der Waals surface area contributed by atoms with Crippen molar-refractivity contribution in [2.45, 2.75) is 51.6 Å².